The van der Waals surface area contributed by atoms with Gasteiger partial charge < -0.3 is 10.2 Å². The number of aromatic nitrogens is 1. The molecule has 1 fully saturated rings. The number of carbonyl (C=O) groups is 2. The monoisotopic (exact) mass is 265 g/mol. The molecular formula is C13H16FN3O2. The van der Waals surface area contributed by atoms with Gasteiger partial charge in [0, 0.05) is 19.3 Å². The van der Waals surface area contributed by atoms with Gasteiger partial charge in [-0.3, -0.25) is 9.59 Å². The van der Waals surface area contributed by atoms with Gasteiger partial charge in [-0.25, -0.2) is 4.98 Å². The van der Waals surface area contributed by atoms with Gasteiger partial charge in [0.25, 0.3) is 5.91 Å². The molecule has 2 amide bonds. The number of hydrogen-bond acceptors (Lipinski definition) is 3. The first-order valence-corrected chi connectivity index (χ1v) is 6.29. The maximum absolute atomic E-state index is 12.6. The molecule has 1 aliphatic rings. The van der Waals surface area contributed by atoms with Crippen molar-refractivity contribution in [3.8, 4) is 0 Å². The minimum absolute atomic E-state index is 0.0825. The van der Waals surface area contributed by atoms with E-state index in [1.54, 1.807) is 11.8 Å². The first kappa shape index (κ1) is 13.5. The Morgan fingerprint density at radius 3 is 2.63 bits per heavy atom. The summed E-state index contributed by atoms with van der Waals surface area (Å²) in [4.78, 5) is 29.0. The topological polar surface area (TPSA) is 62.3 Å². The summed E-state index contributed by atoms with van der Waals surface area (Å²) in [6.45, 7) is 3.14. The van der Waals surface area contributed by atoms with E-state index < -0.39 is 17.9 Å². The van der Waals surface area contributed by atoms with E-state index >= 15 is 0 Å². The van der Waals surface area contributed by atoms with Crippen LogP contribution in [-0.2, 0) is 4.79 Å². The van der Waals surface area contributed by atoms with Crippen LogP contribution in [0.1, 0.15) is 30.1 Å². The first-order valence-electron chi connectivity index (χ1n) is 6.29. The summed E-state index contributed by atoms with van der Waals surface area (Å²) < 4.78 is 12.6. The predicted octanol–water partition coefficient (Wildman–Crippen LogP) is 0.961. The Bertz CT molecular complexity index is 469. The normalized spacial score (nSPS) is 16.2. The van der Waals surface area contributed by atoms with E-state index in [-0.39, 0.29) is 11.5 Å². The minimum Gasteiger partial charge on any atom is -0.341 e. The predicted molar refractivity (Wildman–Crippen MR) is 66.9 cm³/mol. The largest absolute Gasteiger partial charge is 0.341 e. The highest BCUT2D eigenvalue weighted by Gasteiger charge is 2.24. The zero-order valence-electron chi connectivity index (χ0n) is 10.7. The lowest BCUT2D eigenvalue weighted by molar-refractivity contribution is -0.131. The molecule has 2 rings (SSSR count). The van der Waals surface area contributed by atoms with Crippen LogP contribution >= 0.6 is 0 Å². The summed E-state index contributed by atoms with van der Waals surface area (Å²) >= 11 is 0. The molecule has 0 radical (unpaired) electrons. The number of pyridine rings is 1. The Morgan fingerprint density at radius 1 is 1.37 bits per heavy atom. The zero-order valence-corrected chi connectivity index (χ0v) is 10.7. The molecular weight excluding hydrogens is 249 g/mol. The smallest absolute Gasteiger partial charge is 0.253 e. The molecule has 0 bridgehead atoms. The number of carbonyl (C=O) groups excluding carboxylic acids is 2. The van der Waals surface area contributed by atoms with Crippen LogP contribution < -0.4 is 5.32 Å². The van der Waals surface area contributed by atoms with Gasteiger partial charge in [0.2, 0.25) is 11.9 Å². The van der Waals surface area contributed by atoms with Gasteiger partial charge >= 0.3 is 0 Å². The Kier molecular flexibility index (Phi) is 4.09. The second kappa shape index (κ2) is 5.77. The second-order valence-corrected chi connectivity index (χ2v) is 4.60. The number of hydrogen-bond donors (Lipinski definition) is 1. The summed E-state index contributed by atoms with van der Waals surface area (Å²) in [5.41, 5.74) is 0.238. The highest BCUT2D eigenvalue weighted by atomic mass is 19.1. The molecule has 1 N–H and O–H groups in total. The average molecular weight is 265 g/mol. The van der Waals surface area contributed by atoms with E-state index in [2.05, 4.69) is 10.3 Å². The van der Waals surface area contributed by atoms with Crippen LogP contribution in [0.15, 0.2) is 18.3 Å². The van der Waals surface area contributed by atoms with Crippen molar-refractivity contribution in [3.63, 3.8) is 0 Å². The maximum Gasteiger partial charge on any atom is 0.253 e. The van der Waals surface area contributed by atoms with Crippen molar-refractivity contribution < 1.29 is 14.0 Å². The summed E-state index contributed by atoms with van der Waals surface area (Å²) in [6.07, 6.45) is 3.17. The van der Waals surface area contributed by atoms with Gasteiger partial charge in [-0.15, -0.1) is 0 Å². The second-order valence-electron chi connectivity index (χ2n) is 4.60. The van der Waals surface area contributed by atoms with E-state index in [9.17, 15) is 14.0 Å². The molecule has 0 spiro atoms. The Morgan fingerprint density at radius 2 is 2.05 bits per heavy atom. The quantitative estimate of drug-likeness (QED) is 0.828. The molecule has 0 saturated carbocycles. The summed E-state index contributed by atoms with van der Waals surface area (Å²) in [5.74, 6) is -1.15. The van der Waals surface area contributed by atoms with Crippen molar-refractivity contribution in [2.45, 2.75) is 25.8 Å². The van der Waals surface area contributed by atoms with E-state index in [1.165, 1.54) is 6.07 Å². The van der Waals surface area contributed by atoms with Crippen molar-refractivity contribution in [2.24, 2.45) is 0 Å². The van der Waals surface area contributed by atoms with Crippen LogP contribution in [0, 0.1) is 5.95 Å². The fourth-order valence-electron chi connectivity index (χ4n) is 2.06. The van der Waals surface area contributed by atoms with Crippen LogP contribution in [0.2, 0.25) is 0 Å². The van der Waals surface area contributed by atoms with Crippen molar-refractivity contribution in [1.29, 1.82) is 0 Å². The van der Waals surface area contributed by atoms with E-state index in [0.29, 0.717) is 0 Å². The number of nitrogens with zero attached hydrogens (tertiary/aromatic N) is 2. The maximum atomic E-state index is 12.6. The zero-order chi connectivity index (χ0) is 13.8. The fraction of sp³-hybridized carbons (Fsp3) is 0.462. The van der Waals surface area contributed by atoms with Crippen molar-refractivity contribution in [2.75, 3.05) is 13.1 Å². The van der Waals surface area contributed by atoms with E-state index in [0.717, 1.165) is 38.2 Å². The molecule has 1 aromatic rings. The fourth-order valence-corrected chi connectivity index (χ4v) is 2.06. The van der Waals surface area contributed by atoms with Crippen LogP contribution in [0.25, 0.3) is 0 Å². The van der Waals surface area contributed by atoms with E-state index in [4.69, 9.17) is 0 Å². The number of likely N-dealkylation sites (tertiary alicyclic amines) is 1. The first-order chi connectivity index (χ1) is 9.08. The highest BCUT2D eigenvalue weighted by molar-refractivity contribution is 5.97. The van der Waals surface area contributed by atoms with Gasteiger partial charge in [-0.1, -0.05) is 0 Å². The van der Waals surface area contributed by atoms with Gasteiger partial charge in [-0.2, -0.15) is 4.39 Å². The molecule has 102 valence electrons. The summed E-state index contributed by atoms with van der Waals surface area (Å²) in [7, 11) is 0. The number of nitrogens with one attached hydrogen (secondary N) is 1. The lowest BCUT2D eigenvalue weighted by atomic mass is 10.2. The molecule has 1 saturated heterocycles. The molecule has 1 aliphatic heterocycles. The molecule has 1 atom stereocenters. The van der Waals surface area contributed by atoms with Crippen molar-refractivity contribution >= 4 is 11.8 Å². The SMILES string of the molecule is CC(NC(=O)c1ccc(F)nc1)C(=O)N1CCCC1. The third-order valence-corrected chi connectivity index (χ3v) is 3.13. The molecule has 0 aromatic carbocycles. The third-order valence-electron chi connectivity index (χ3n) is 3.13. The molecule has 5 nitrogen and oxygen atoms in total. The minimum atomic E-state index is -0.641. The van der Waals surface area contributed by atoms with Gasteiger partial charge in [-0.05, 0) is 31.9 Å². The number of rotatable bonds is 3. The third kappa shape index (κ3) is 3.27. The number of halogens is 1. The van der Waals surface area contributed by atoms with Gasteiger partial charge in [0.05, 0.1) is 5.56 Å². The van der Waals surface area contributed by atoms with Crippen molar-refractivity contribution in [3.05, 3.63) is 29.8 Å². The highest BCUT2D eigenvalue weighted by Crippen LogP contribution is 2.09. The Labute approximate surface area is 110 Å². The van der Waals surface area contributed by atoms with E-state index in [1.807, 2.05) is 0 Å². The number of amides is 2. The summed E-state index contributed by atoms with van der Waals surface area (Å²) in [5, 5.41) is 2.60. The van der Waals surface area contributed by atoms with Crippen molar-refractivity contribution in [1.82, 2.24) is 15.2 Å². The molecule has 1 unspecified atom stereocenters. The van der Waals surface area contributed by atoms with Crippen LogP contribution in [-0.4, -0.2) is 40.8 Å². The Hall–Kier alpha value is -1.98. The van der Waals surface area contributed by atoms with Gasteiger partial charge in [0.1, 0.15) is 6.04 Å². The molecule has 1 aromatic heterocycles. The molecule has 2 heterocycles. The van der Waals surface area contributed by atoms with Crippen LogP contribution in [0.5, 0.6) is 0 Å². The molecule has 19 heavy (non-hydrogen) atoms. The lowest BCUT2D eigenvalue weighted by Crippen LogP contribution is -2.45. The van der Waals surface area contributed by atoms with Crippen LogP contribution in [0.4, 0.5) is 4.39 Å². The Balaban J connectivity index is 1.94. The standard InChI is InChI=1S/C13H16FN3O2/c1-9(13(19)17-6-2-3-7-17)16-12(18)10-4-5-11(14)15-8-10/h4-5,8-9H,2-3,6-7H2,1H3,(H,16,18). The molecule has 6 heteroatoms. The summed E-state index contributed by atoms with van der Waals surface area (Å²) in [6, 6.07) is 1.86. The molecule has 0 aliphatic carbocycles. The lowest BCUT2D eigenvalue weighted by Gasteiger charge is -2.21. The average Bonchev–Trinajstić information content (AvgIpc) is 2.92. The van der Waals surface area contributed by atoms with Crippen LogP contribution in [0.3, 0.4) is 0 Å². The van der Waals surface area contributed by atoms with Gasteiger partial charge in [0.15, 0.2) is 0 Å².